The Kier molecular flexibility index (Phi) is 4.52. The van der Waals surface area contributed by atoms with Crippen LogP contribution in [0.2, 0.25) is 0 Å². The van der Waals surface area contributed by atoms with Gasteiger partial charge in [0.1, 0.15) is 0 Å². The summed E-state index contributed by atoms with van der Waals surface area (Å²) in [6.45, 7) is 2.65. The number of rotatable bonds is 5. The highest BCUT2D eigenvalue weighted by Gasteiger charge is 2.36. The Morgan fingerprint density at radius 3 is 2.26 bits per heavy atom. The highest BCUT2D eigenvalue weighted by Crippen LogP contribution is 2.27. The van der Waals surface area contributed by atoms with Gasteiger partial charge in [-0.25, -0.2) is 0 Å². The number of carbonyl (C=O) groups is 2. The zero-order chi connectivity index (χ0) is 16.4. The Bertz CT molecular complexity index is 595. The van der Waals surface area contributed by atoms with Crippen LogP contribution in [0.25, 0.3) is 0 Å². The van der Waals surface area contributed by atoms with Gasteiger partial charge in [-0.1, -0.05) is 6.07 Å². The van der Waals surface area contributed by atoms with Crippen LogP contribution in [0.5, 0.6) is 11.5 Å². The number of amides is 2. The first-order chi connectivity index (χ1) is 11.0. The van der Waals surface area contributed by atoms with Crippen molar-refractivity contribution in [1.82, 2.24) is 9.80 Å². The molecule has 0 aliphatic carbocycles. The van der Waals surface area contributed by atoms with E-state index >= 15 is 0 Å². The van der Waals surface area contributed by atoms with E-state index in [9.17, 15) is 19.8 Å². The molecule has 0 bridgehead atoms. The number of imide groups is 1. The second-order valence-corrected chi connectivity index (χ2v) is 6.35. The van der Waals surface area contributed by atoms with Crippen LogP contribution in [0, 0.1) is 0 Å². The molecule has 1 atom stereocenters. The van der Waals surface area contributed by atoms with Crippen LogP contribution in [0.3, 0.4) is 0 Å². The number of likely N-dealkylation sites (tertiary alicyclic amines) is 2. The van der Waals surface area contributed by atoms with Crippen molar-refractivity contribution in [3.05, 3.63) is 23.8 Å². The van der Waals surface area contributed by atoms with Crippen LogP contribution < -0.4 is 0 Å². The number of nitrogens with zero attached hydrogens (tertiary/aromatic N) is 2. The van der Waals surface area contributed by atoms with Crippen molar-refractivity contribution < 1.29 is 19.8 Å². The monoisotopic (exact) mass is 318 g/mol. The first-order valence-corrected chi connectivity index (χ1v) is 8.12. The molecule has 1 unspecified atom stereocenters. The average molecular weight is 318 g/mol. The average Bonchev–Trinajstić information content (AvgIpc) is 3.13. The topological polar surface area (TPSA) is 81.1 Å². The molecule has 2 saturated heterocycles. The van der Waals surface area contributed by atoms with E-state index in [1.165, 1.54) is 17.0 Å². The largest absolute Gasteiger partial charge is 0.504 e. The van der Waals surface area contributed by atoms with Crippen molar-refractivity contribution in [2.75, 3.05) is 19.6 Å². The standard InChI is InChI=1S/C17H22N2O4/c20-14-4-3-12(10-15(14)21)9-13(11-18-7-1-2-8-18)19-16(22)5-6-17(19)23/h3-4,10,13,20-21H,1-2,5-9,11H2. The number of hydrogen-bond acceptors (Lipinski definition) is 5. The smallest absolute Gasteiger partial charge is 0.230 e. The molecule has 6 heteroatoms. The fraction of sp³-hybridized carbons (Fsp3) is 0.529. The zero-order valence-electron chi connectivity index (χ0n) is 13.1. The van der Waals surface area contributed by atoms with Gasteiger partial charge in [-0.3, -0.25) is 14.5 Å². The number of hydrogen-bond donors (Lipinski definition) is 2. The molecular weight excluding hydrogens is 296 g/mol. The van der Waals surface area contributed by atoms with Crippen LogP contribution >= 0.6 is 0 Å². The molecule has 0 spiro atoms. The maximum absolute atomic E-state index is 12.1. The normalized spacial score (nSPS) is 20.4. The summed E-state index contributed by atoms with van der Waals surface area (Å²) >= 11 is 0. The third-order valence-corrected chi connectivity index (χ3v) is 4.63. The van der Waals surface area contributed by atoms with Gasteiger partial charge in [-0.05, 0) is 50.0 Å². The lowest BCUT2D eigenvalue weighted by Crippen LogP contribution is -2.47. The van der Waals surface area contributed by atoms with Crippen molar-refractivity contribution in [2.24, 2.45) is 0 Å². The number of phenols is 2. The van der Waals surface area contributed by atoms with Crippen molar-refractivity contribution in [2.45, 2.75) is 38.1 Å². The van der Waals surface area contributed by atoms with Crippen LogP contribution in [0.15, 0.2) is 18.2 Å². The number of benzene rings is 1. The lowest BCUT2D eigenvalue weighted by molar-refractivity contribution is -0.141. The van der Waals surface area contributed by atoms with Crippen molar-refractivity contribution in [1.29, 1.82) is 0 Å². The van der Waals surface area contributed by atoms with Crippen LogP contribution in [-0.2, 0) is 16.0 Å². The summed E-state index contributed by atoms with van der Waals surface area (Å²) in [6.07, 6.45) is 3.36. The Hall–Kier alpha value is -2.08. The Labute approximate surface area is 135 Å². The van der Waals surface area contributed by atoms with Gasteiger partial charge in [-0.2, -0.15) is 0 Å². The summed E-state index contributed by atoms with van der Waals surface area (Å²) < 4.78 is 0. The highest BCUT2D eigenvalue weighted by molar-refractivity contribution is 6.02. The van der Waals surface area contributed by atoms with E-state index in [0.717, 1.165) is 31.5 Å². The minimum atomic E-state index is -0.223. The highest BCUT2D eigenvalue weighted by atomic mass is 16.3. The van der Waals surface area contributed by atoms with Gasteiger partial charge < -0.3 is 15.1 Å². The molecule has 0 aromatic heterocycles. The molecule has 124 valence electrons. The van der Waals surface area contributed by atoms with E-state index in [2.05, 4.69) is 4.90 Å². The van der Waals surface area contributed by atoms with Gasteiger partial charge in [-0.15, -0.1) is 0 Å². The maximum Gasteiger partial charge on any atom is 0.230 e. The van der Waals surface area contributed by atoms with Crippen LogP contribution in [0.4, 0.5) is 0 Å². The Balaban J connectivity index is 1.80. The predicted molar refractivity (Wildman–Crippen MR) is 84.0 cm³/mol. The molecule has 2 heterocycles. The van der Waals surface area contributed by atoms with Crippen molar-refractivity contribution in [3.63, 3.8) is 0 Å². The molecule has 1 aromatic carbocycles. The Morgan fingerprint density at radius 1 is 1.00 bits per heavy atom. The first-order valence-electron chi connectivity index (χ1n) is 8.12. The summed E-state index contributed by atoms with van der Waals surface area (Å²) in [6, 6.07) is 4.43. The van der Waals surface area contributed by atoms with Gasteiger partial charge >= 0.3 is 0 Å². The van der Waals surface area contributed by atoms with Gasteiger partial charge in [0.2, 0.25) is 11.8 Å². The van der Waals surface area contributed by atoms with E-state index in [4.69, 9.17) is 0 Å². The molecule has 6 nitrogen and oxygen atoms in total. The van der Waals surface area contributed by atoms with Crippen LogP contribution in [-0.4, -0.2) is 57.5 Å². The van der Waals surface area contributed by atoms with Gasteiger partial charge in [0.15, 0.2) is 11.5 Å². The van der Waals surface area contributed by atoms with Crippen molar-refractivity contribution >= 4 is 11.8 Å². The first kappa shape index (κ1) is 15.8. The summed E-state index contributed by atoms with van der Waals surface area (Å²) in [5.74, 6) is -0.566. The van der Waals surface area contributed by atoms with Gasteiger partial charge in [0, 0.05) is 19.4 Å². The lowest BCUT2D eigenvalue weighted by atomic mass is 10.0. The van der Waals surface area contributed by atoms with Crippen LogP contribution in [0.1, 0.15) is 31.2 Å². The second-order valence-electron chi connectivity index (χ2n) is 6.35. The van der Waals surface area contributed by atoms with Crippen molar-refractivity contribution in [3.8, 4) is 11.5 Å². The molecule has 3 rings (SSSR count). The molecule has 2 fully saturated rings. The molecule has 2 N–H and O–H groups in total. The lowest BCUT2D eigenvalue weighted by Gasteiger charge is -2.30. The third kappa shape index (κ3) is 3.47. The number of carbonyl (C=O) groups excluding carboxylic acids is 2. The molecule has 2 aliphatic rings. The summed E-state index contributed by atoms with van der Waals surface area (Å²) in [5.41, 5.74) is 0.803. The molecule has 0 saturated carbocycles. The molecule has 2 amide bonds. The van der Waals surface area contributed by atoms with Gasteiger partial charge in [0.05, 0.1) is 6.04 Å². The minimum Gasteiger partial charge on any atom is -0.504 e. The molecule has 23 heavy (non-hydrogen) atoms. The van der Waals surface area contributed by atoms with E-state index in [1.807, 2.05) is 0 Å². The van der Waals surface area contributed by atoms with E-state index in [1.54, 1.807) is 6.07 Å². The van der Waals surface area contributed by atoms with E-state index in [-0.39, 0.29) is 42.2 Å². The fourth-order valence-corrected chi connectivity index (χ4v) is 3.47. The maximum atomic E-state index is 12.1. The summed E-state index contributed by atoms with van der Waals surface area (Å²) in [7, 11) is 0. The SMILES string of the molecule is O=C1CCC(=O)N1C(Cc1ccc(O)c(O)c1)CN1CCCC1. The van der Waals surface area contributed by atoms with E-state index < -0.39 is 0 Å². The predicted octanol–water partition coefficient (Wildman–Crippen LogP) is 1.25. The quantitative estimate of drug-likeness (QED) is 0.631. The molecule has 0 radical (unpaired) electrons. The molecule has 1 aromatic rings. The van der Waals surface area contributed by atoms with E-state index in [0.29, 0.717) is 13.0 Å². The second kappa shape index (κ2) is 6.58. The van der Waals surface area contributed by atoms with Gasteiger partial charge in [0.25, 0.3) is 0 Å². The zero-order valence-corrected chi connectivity index (χ0v) is 13.1. The molecule has 2 aliphatic heterocycles. The molecular formula is C17H22N2O4. The third-order valence-electron chi connectivity index (χ3n) is 4.63. The minimum absolute atomic E-state index is 0.109. The number of aromatic hydroxyl groups is 2. The summed E-state index contributed by atoms with van der Waals surface area (Å²) in [5, 5.41) is 19.1. The number of phenolic OH excluding ortho intramolecular Hbond substituents is 2. The fourth-order valence-electron chi connectivity index (χ4n) is 3.47. The summed E-state index contributed by atoms with van der Waals surface area (Å²) in [4.78, 5) is 27.9. The Morgan fingerprint density at radius 2 is 1.65 bits per heavy atom.